The maximum atomic E-state index is 14.0. The molecule has 0 N–H and O–H groups in total. The molecule has 4 aliphatic rings. The van der Waals surface area contributed by atoms with Gasteiger partial charge in [0.25, 0.3) is 0 Å². The van der Waals surface area contributed by atoms with E-state index in [2.05, 4.69) is 20.8 Å². The van der Waals surface area contributed by atoms with Crippen LogP contribution in [-0.2, 0) is 32.6 Å². The third-order valence-electron chi connectivity index (χ3n) is 8.48. The van der Waals surface area contributed by atoms with Crippen LogP contribution >= 0.6 is 15.9 Å². The van der Waals surface area contributed by atoms with Gasteiger partial charge >= 0.3 is 0 Å². The number of benzene rings is 2. The number of piperazine rings is 1. The second-order valence-corrected chi connectivity index (χ2v) is 13.9. The minimum absolute atomic E-state index is 0.0230. The molecular formula is C29H35BrN4O6S. The van der Waals surface area contributed by atoms with Crippen molar-refractivity contribution in [2.75, 3.05) is 57.5 Å². The van der Waals surface area contributed by atoms with Gasteiger partial charge in [0, 0.05) is 63.3 Å². The second-order valence-electron chi connectivity index (χ2n) is 11.1. The lowest BCUT2D eigenvalue weighted by Crippen LogP contribution is -2.52. The Morgan fingerprint density at radius 1 is 1.00 bits per heavy atom. The number of fused-ring (bicyclic) bond motifs is 2. The molecule has 6 rings (SSSR count). The number of hydrogen-bond donors (Lipinski definition) is 0. The summed E-state index contributed by atoms with van der Waals surface area (Å²) in [6, 6.07) is 9.48. The monoisotopic (exact) mass is 646 g/mol. The lowest BCUT2D eigenvalue weighted by molar-refractivity contribution is -0.138. The van der Waals surface area contributed by atoms with Crippen molar-refractivity contribution in [3.63, 3.8) is 0 Å². The van der Waals surface area contributed by atoms with E-state index in [0.717, 1.165) is 42.3 Å². The maximum Gasteiger partial charge on any atom is 0.245 e. The van der Waals surface area contributed by atoms with E-state index in [0.29, 0.717) is 62.0 Å². The molecule has 0 bridgehead atoms. The number of rotatable bonds is 6. The Kier molecular flexibility index (Phi) is 8.01. The molecule has 2 fully saturated rings. The number of nitrogens with zero attached hydrogens (tertiary/aromatic N) is 4. The van der Waals surface area contributed by atoms with E-state index >= 15 is 0 Å². The molecule has 0 spiro atoms. The standard InChI is InChI=1S/C29H35BrN4O6S/c1-2-27(35)34-9-7-21-15-23(30)16-26(28(21)34)41(37,38)33-8-3-4-22(18-33)29(36)32-12-10-31(11-13-32)17-20-5-6-24-25(14-20)40-19-39-24/h5-6,14-16,22H,2-4,7-13,17-19H2,1H3/t22-/m0/s1. The smallest absolute Gasteiger partial charge is 0.245 e. The highest BCUT2D eigenvalue weighted by atomic mass is 79.9. The van der Waals surface area contributed by atoms with E-state index in [1.54, 1.807) is 17.9 Å². The minimum Gasteiger partial charge on any atom is -0.454 e. The van der Waals surface area contributed by atoms with Crippen LogP contribution in [0.1, 0.15) is 37.3 Å². The SMILES string of the molecule is CCC(=O)N1CCc2cc(Br)cc(S(=O)(=O)N3CCC[C@H](C(=O)N4CCN(Cc5ccc6c(c5)OCO6)CC4)C3)c21. The number of ether oxygens (including phenoxy) is 2. The van der Waals surface area contributed by atoms with Gasteiger partial charge in [0.2, 0.25) is 28.6 Å². The van der Waals surface area contributed by atoms with Crippen LogP contribution in [-0.4, -0.2) is 86.9 Å². The Balaban J connectivity index is 1.11. The molecule has 1 atom stereocenters. The van der Waals surface area contributed by atoms with Gasteiger partial charge in [-0.05, 0) is 54.7 Å². The molecule has 2 aromatic carbocycles. The molecule has 4 heterocycles. The van der Waals surface area contributed by atoms with Gasteiger partial charge in [-0.2, -0.15) is 4.31 Å². The molecule has 4 aliphatic heterocycles. The molecule has 0 radical (unpaired) electrons. The maximum absolute atomic E-state index is 14.0. The molecule has 0 unspecified atom stereocenters. The fourth-order valence-electron chi connectivity index (χ4n) is 6.29. The summed E-state index contributed by atoms with van der Waals surface area (Å²) < 4.78 is 41.0. The number of carbonyl (C=O) groups excluding carboxylic acids is 2. The Hall–Kier alpha value is -2.67. The first-order valence-corrected chi connectivity index (χ1v) is 16.5. The largest absolute Gasteiger partial charge is 0.454 e. The Morgan fingerprint density at radius 2 is 1.78 bits per heavy atom. The number of anilines is 1. The zero-order valence-corrected chi connectivity index (χ0v) is 25.6. The van der Waals surface area contributed by atoms with Crippen LogP contribution in [0.3, 0.4) is 0 Å². The van der Waals surface area contributed by atoms with Crippen LogP contribution in [0.2, 0.25) is 0 Å². The minimum atomic E-state index is -3.92. The molecule has 2 saturated heterocycles. The first-order valence-electron chi connectivity index (χ1n) is 14.3. The van der Waals surface area contributed by atoms with Crippen LogP contribution in [0.4, 0.5) is 5.69 Å². The summed E-state index contributed by atoms with van der Waals surface area (Å²) in [5.41, 5.74) is 2.48. The van der Waals surface area contributed by atoms with Crippen molar-refractivity contribution >= 4 is 43.5 Å². The van der Waals surface area contributed by atoms with Crippen molar-refractivity contribution < 1.29 is 27.5 Å². The summed E-state index contributed by atoms with van der Waals surface area (Å²) in [6.07, 6.45) is 2.21. The van der Waals surface area contributed by atoms with Crippen molar-refractivity contribution in [1.82, 2.24) is 14.1 Å². The molecule has 10 nitrogen and oxygen atoms in total. The highest BCUT2D eigenvalue weighted by Crippen LogP contribution is 2.40. The van der Waals surface area contributed by atoms with Gasteiger partial charge in [-0.25, -0.2) is 8.42 Å². The third kappa shape index (κ3) is 5.59. The van der Waals surface area contributed by atoms with Crippen LogP contribution in [0.15, 0.2) is 39.7 Å². The quantitative estimate of drug-likeness (QED) is 0.475. The molecular weight excluding hydrogens is 612 g/mol. The van der Waals surface area contributed by atoms with Gasteiger partial charge in [0.05, 0.1) is 11.6 Å². The van der Waals surface area contributed by atoms with E-state index in [-0.39, 0.29) is 36.0 Å². The third-order valence-corrected chi connectivity index (χ3v) is 10.8. The van der Waals surface area contributed by atoms with Gasteiger partial charge in [-0.15, -0.1) is 0 Å². The molecule has 41 heavy (non-hydrogen) atoms. The Bertz CT molecular complexity index is 1460. The number of piperidine rings is 1. The lowest BCUT2D eigenvalue weighted by Gasteiger charge is -2.39. The first-order chi connectivity index (χ1) is 19.7. The summed E-state index contributed by atoms with van der Waals surface area (Å²) in [4.78, 5) is 32.2. The molecule has 12 heteroatoms. The summed E-state index contributed by atoms with van der Waals surface area (Å²) in [5.74, 6) is 1.09. The highest BCUT2D eigenvalue weighted by Gasteiger charge is 2.39. The van der Waals surface area contributed by atoms with Gasteiger partial charge < -0.3 is 19.3 Å². The average molecular weight is 648 g/mol. The molecule has 0 aliphatic carbocycles. The predicted molar refractivity (Wildman–Crippen MR) is 156 cm³/mol. The first kappa shape index (κ1) is 28.4. The van der Waals surface area contributed by atoms with E-state index < -0.39 is 10.0 Å². The van der Waals surface area contributed by atoms with E-state index in [1.165, 1.54) is 4.31 Å². The summed E-state index contributed by atoms with van der Waals surface area (Å²) in [7, 11) is -3.92. The van der Waals surface area contributed by atoms with E-state index in [9.17, 15) is 18.0 Å². The Labute approximate surface area is 249 Å². The highest BCUT2D eigenvalue weighted by molar-refractivity contribution is 9.10. The van der Waals surface area contributed by atoms with Crippen molar-refractivity contribution in [3.05, 3.63) is 45.9 Å². The molecule has 0 saturated carbocycles. The van der Waals surface area contributed by atoms with Crippen molar-refractivity contribution in [1.29, 1.82) is 0 Å². The topological polar surface area (TPSA) is 99.7 Å². The molecule has 0 aromatic heterocycles. The zero-order valence-electron chi connectivity index (χ0n) is 23.2. The van der Waals surface area contributed by atoms with Gasteiger partial charge in [-0.3, -0.25) is 14.5 Å². The number of amides is 2. The zero-order chi connectivity index (χ0) is 28.7. The molecule has 2 aromatic rings. The molecule has 220 valence electrons. The fraction of sp³-hybridized carbons (Fsp3) is 0.517. The lowest BCUT2D eigenvalue weighted by atomic mass is 9.97. The van der Waals surface area contributed by atoms with Gasteiger partial charge in [0.15, 0.2) is 11.5 Å². The summed E-state index contributed by atoms with van der Waals surface area (Å²) >= 11 is 3.47. The normalized spacial score (nSPS) is 21.3. The van der Waals surface area contributed by atoms with Crippen LogP contribution in [0.5, 0.6) is 11.5 Å². The van der Waals surface area contributed by atoms with Crippen LogP contribution in [0, 0.1) is 5.92 Å². The van der Waals surface area contributed by atoms with Gasteiger partial charge in [-0.1, -0.05) is 28.9 Å². The van der Waals surface area contributed by atoms with Crippen molar-refractivity contribution in [2.24, 2.45) is 5.92 Å². The Morgan fingerprint density at radius 3 is 2.56 bits per heavy atom. The average Bonchev–Trinajstić information content (AvgIpc) is 3.63. The van der Waals surface area contributed by atoms with Crippen LogP contribution < -0.4 is 14.4 Å². The summed E-state index contributed by atoms with van der Waals surface area (Å²) in [5, 5.41) is 0. The number of hydrogen-bond acceptors (Lipinski definition) is 7. The predicted octanol–water partition coefficient (Wildman–Crippen LogP) is 3.22. The van der Waals surface area contributed by atoms with E-state index in [4.69, 9.17) is 9.47 Å². The summed E-state index contributed by atoms with van der Waals surface area (Å²) in [6.45, 7) is 6.51. The van der Waals surface area contributed by atoms with Crippen molar-refractivity contribution in [2.45, 2.75) is 44.0 Å². The fourth-order valence-corrected chi connectivity index (χ4v) is 8.73. The van der Waals surface area contributed by atoms with Crippen molar-refractivity contribution in [3.8, 4) is 11.5 Å². The number of sulfonamides is 1. The van der Waals surface area contributed by atoms with Crippen LogP contribution in [0.25, 0.3) is 0 Å². The number of halogens is 1. The second kappa shape index (κ2) is 11.5. The van der Waals surface area contributed by atoms with Gasteiger partial charge in [0.1, 0.15) is 4.90 Å². The number of carbonyl (C=O) groups is 2. The molecule has 2 amide bonds. The van der Waals surface area contributed by atoms with E-state index in [1.807, 2.05) is 29.2 Å².